The monoisotopic (exact) mass is 562 g/mol. The molecule has 2 aliphatic rings. The molecule has 43 heavy (non-hydrogen) atoms. The molecule has 2 unspecified atom stereocenters. The van der Waals surface area contributed by atoms with E-state index in [0.29, 0.717) is 5.96 Å². The number of aromatic nitrogens is 1. The third-order valence-electron chi connectivity index (χ3n) is 9.65. The molecule has 3 atom stereocenters. The quantitative estimate of drug-likeness (QED) is 0.171. The minimum atomic E-state index is -0.310. The van der Waals surface area contributed by atoms with Gasteiger partial charge in [-0.3, -0.25) is 4.57 Å². The average molecular weight is 563 g/mol. The van der Waals surface area contributed by atoms with Gasteiger partial charge in [-0.15, -0.1) is 0 Å². The van der Waals surface area contributed by atoms with Crippen molar-refractivity contribution in [2.75, 3.05) is 0 Å². The van der Waals surface area contributed by atoms with Crippen molar-refractivity contribution in [2.45, 2.75) is 44.7 Å². The first kappa shape index (κ1) is 27.2. The fraction of sp³-hybridized carbons (Fsp3) is 0.205. The first-order valence-electron chi connectivity index (χ1n) is 15.1. The molecule has 2 aliphatic carbocycles. The number of benzene rings is 4. The zero-order chi connectivity index (χ0) is 29.8. The third kappa shape index (κ3) is 4.45. The summed E-state index contributed by atoms with van der Waals surface area (Å²) < 4.78 is 2.02. The Kier molecular flexibility index (Phi) is 6.48. The summed E-state index contributed by atoms with van der Waals surface area (Å²) in [5.41, 5.74) is 23.2. The summed E-state index contributed by atoms with van der Waals surface area (Å²) >= 11 is 0. The molecule has 0 radical (unpaired) electrons. The second-order valence-electron chi connectivity index (χ2n) is 12.7. The van der Waals surface area contributed by atoms with Gasteiger partial charge < -0.3 is 11.5 Å². The molecule has 1 aromatic heterocycles. The van der Waals surface area contributed by atoms with E-state index in [2.05, 4.69) is 124 Å². The lowest BCUT2D eigenvalue weighted by Crippen LogP contribution is -2.43. The number of nitrogens with two attached hydrogens (primary N) is 2. The molecule has 0 bridgehead atoms. The van der Waals surface area contributed by atoms with Crippen LogP contribution in [0.4, 0.5) is 0 Å². The molecule has 4 aromatic carbocycles. The van der Waals surface area contributed by atoms with Crippen LogP contribution in [0, 0.1) is 5.41 Å². The second-order valence-corrected chi connectivity index (χ2v) is 12.7. The molecule has 4 N–H and O–H groups in total. The Morgan fingerprint density at radius 1 is 0.767 bits per heavy atom. The van der Waals surface area contributed by atoms with Crippen LogP contribution in [-0.4, -0.2) is 16.6 Å². The first-order valence-corrected chi connectivity index (χ1v) is 15.1. The molecule has 7 rings (SSSR count). The van der Waals surface area contributed by atoms with E-state index in [-0.39, 0.29) is 22.9 Å². The summed E-state index contributed by atoms with van der Waals surface area (Å²) in [7, 11) is 0. The molecule has 0 saturated carbocycles. The molecule has 214 valence electrons. The summed E-state index contributed by atoms with van der Waals surface area (Å²) in [5.74, 6) is 0.433. The zero-order valence-corrected chi connectivity index (χ0v) is 25.0. The van der Waals surface area contributed by atoms with Gasteiger partial charge in [0.2, 0.25) is 5.96 Å². The van der Waals surface area contributed by atoms with E-state index >= 15 is 0 Å². The highest BCUT2D eigenvalue weighted by Crippen LogP contribution is 2.49. The Bertz CT molecular complexity index is 1920. The van der Waals surface area contributed by atoms with Crippen LogP contribution in [0.5, 0.6) is 0 Å². The molecular formula is C39H38N4. The van der Waals surface area contributed by atoms with Gasteiger partial charge in [0.15, 0.2) is 0 Å². The molecular weight excluding hydrogens is 524 g/mol. The van der Waals surface area contributed by atoms with Crippen LogP contribution >= 0.6 is 0 Å². The second kappa shape index (κ2) is 10.3. The molecule has 5 aromatic rings. The molecule has 0 amide bonds. The Balaban J connectivity index is 1.39. The van der Waals surface area contributed by atoms with Crippen LogP contribution in [0.1, 0.15) is 49.9 Å². The van der Waals surface area contributed by atoms with E-state index in [1.54, 1.807) is 0 Å². The first-order chi connectivity index (χ1) is 20.8. The number of aliphatic imine (C=N–C) groups is 1. The van der Waals surface area contributed by atoms with Crippen molar-refractivity contribution < 1.29 is 0 Å². The van der Waals surface area contributed by atoms with Gasteiger partial charge in [-0.1, -0.05) is 124 Å². The van der Waals surface area contributed by atoms with Crippen molar-refractivity contribution >= 4 is 16.9 Å². The summed E-state index contributed by atoms with van der Waals surface area (Å²) in [4.78, 5) is 5.17. The Morgan fingerprint density at radius 2 is 1.44 bits per heavy atom. The van der Waals surface area contributed by atoms with E-state index in [4.69, 9.17) is 16.5 Å². The van der Waals surface area contributed by atoms with Gasteiger partial charge in [-0.25, -0.2) is 4.99 Å². The van der Waals surface area contributed by atoms with E-state index in [1.165, 1.54) is 33.4 Å². The number of fused-ring (bicyclic) bond motifs is 6. The van der Waals surface area contributed by atoms with E-state index in [0.717, 1.165) is 22.9 Å². The molecule has 0 aliphatic heterocycles. The minimum Gasteiger partial charge on any atom is -0.369 e. The number of hydrogen-bond acceptors (Lipinski definition) is 2. The fourth-order valence-corrected chi connectivity index (χ4v) is 7.05. The maximum atomic E-state index is 7.05. The largest absolute Gasteiger partial charge is 0.369 e. The Hall–Kier alpha value is -4.67. The predicted octanol–water partition coefficient (Wildman–Crippen LogP) is 8.37. The summed E-state index contributed by atoms with van der Waals surface area (Å²) in [6.45, 7) is 6.86. The van der Waals surface area contributed by atoms with Crippen molar-refractivity contribution in [3.63, 3.8) is 0 Å². The van der Waals surface area contributed by atoms with Crippen molar-refractivity contribution in [3.05, 3.63) is 144 Å². The topological polar surface area (TPSA) is 69.3 Å². The number of rotatable bonds is 4. The number of hydrogen-bond donors (Lipinski definition) is 2. The summed E-state index contributed by atoms with van der Waals surface area (Å²) in [5, 5.41) is 1.13. The maximum absolute atomic E-state index is 7.05. The Morgan fingerprint density at radius 3 is 2.16 bits per heavy atom. The van der Waals surface area contributed by atoms with Gasteiger partial charge in [0.25, 0.3) is 0 Å². The van der Waals surface area contributed by atoms with Gasteiger partial charge in [0.1, 0.15) is 0 Å². The highest BCUT2D eigenvalue weighted by Gasteiger charge is 2.36. The van der Waals surface area contributed by atoms with Crippen molar-refractivity contribution in [3.8, 4) is 22.3 Å². The molecule has 0 spiro atoms. The van der Waals surface area contributed by atoms with Crippen LogP contribution in [0.3, 0.4) is 0 Å². The lowest BCUT2D eigenvalue weighted by atomic mass is 9.73. The smallest absolute Gasteiger partial charge is 0.200 e. The fourth-order valence-electron chi connectivity index (χ4n) is 7.05. The highest BCUT2D eigenvalue weighted by atomic mass is 15.2. The zero-order valence-electron chi connectivity index (χ0n) is 25.0. The van der Waals surface area contributed by atoms with Crippen molar-refractivity contribution in [1.29, 1.82) is 0 Å². The van der Waals surface area contributed by atoms with Gasteiger partial charge in [0, 0.05) is 28.5 Å². The van der Waals surface area contributed by atoms with Crippen LogP contribution < -0.4 is 11.5 Å². The van der Waals surface area contributed by atoms with E-state index < -0.39 is 0 Å². The molecule has 0 saturated heterocycles. The van der Waals surface area contributed by atoms with E-state index in [1.807, 2.05) is 29.0 Å². The van der Waals surface area contributed by atoms with Crippen LogP contribution in [-0.2, 0) is 5.41 Å². The summed E-state index contributed by atoms with van der Waals surface area (Å²) in [6, 6.07) is 34.0. The SMILES string of the molecule is CC1(C)c2ccccc2-c2ccccc2-c2cc3c(ccn3C(N)=NC(c3ccccc3)[C@H](N)C3(C)C=CC=CC3)cc21. The van der Waals surface area contributed by atoms with Gasteiger partial charge in [0.05, 0.1) is 11.6 Å². The third-order valence-corrected chi connectivity index (χ3v) is 9.65. The minimum absolute atomic E-state index is 0.191. The van der Waals surface area contributed by atoms with Gasteiger partial charge in [-0.05, 0) is 63.6 Å². The predicted molar refractivity (Wildman–Crippen MR) is 180 cm³/mol. The maximum Gasteiger partial charge on any atom is 0.200 e. The molecule has 0 fully saturated rings. The van der Waals surface area contributed by atoms with Crippen molar-refractivity contribution in [1.82, 2.24) is 4.57 Å². The normalized spacial score (nSPS) is 20.1. The molecule has 4 nitrogen and oxygen atoms in total. The summed E-state index contributed by atoms with van der Waals surface area (Å²) in [6.07, 6.45) is 11.4. The average Bonchev–Trinajstić information content (AvgIpc) is 3.44. The van der Waals surface area contributed by atoms with Crippen molar-refractivity contribution in [2.24, 2.45) is 21.9 Å². The van der Waals surface area contributed by atoms with Crippen LogP contribution in [0.2, 0.25) is 0 Å². The molecule has 1 heterocycles. The van der Waals surface area contributed by atoms with Gasteiger partial charge in [-0.2, -0.15) is 0 Å². The lowest BCUT2D eigenvalue weighted by Gasteiger charge is -2.37. The van der Waals surface area contributed by atoms with Gasteiger partial charge >= 0.3 is 0 Å². The molecule has 4 heteroatoms. The van der Waals surface area contributed by atoms with Crippen LogP contribution in [0.15, 0.2) is 133 Å². The lowest BCUT2D eigenvalue weighted by molar-refractivity contribution is 0.297. The van der Waals surface area contributed by atoms with E-state index in [9.17, 15) is 0 Å². The Labute approximate surface area is 254 Å². The highest BCUT2D eigenvalue weighted by molar-refractivity contribution is 5.99. The number of nitrogens with zero attached hydrogens (tertiary/aromatic N) is 2. The van der Waals surface area contributed by atoms with Crippen LogP contribution in [0.25, 0.3) is 33.2 Å². The number of allylic oxidation sites excluding steroid dienone is 3. The standard InChI is InChI=1S/C39H38N4/c1-38(2)32-19-11-10-18-30(32)28-16-8-9-17-29(28)31-25-34-27(24-33(31)38)20-23-43(34)37(41)42-35(26-14-6-4-7-15-26)36(40)39(3)21-12-5-13-22-39/h4-21,23-25,35-36H,22,40H2,1-3H3,(H2,41,42)/t35?,36-,39?/m0/s1.